The fourth-order valence-corrected chi connectivity index (χ4v) is 5.21. The molecule has 0 saturated carbocycles. The first-order valence-electron chi connectivity index (χ1n) is 19.6. The Balaban J connectivity index is 3.94. The molecule has 0 aromatic heterocycles. The van der Waals surface area contributed by atoms with Crippen LogP contribution in [-0.4, -0.2) is 35.6 Å². The minimum absolute atomic E-state index is 0.102. The van der Waals surface area contributed by atoms with Gasteiger partial charge in [-0.1, -0.05) is 138 Å². The molecule has 0 spiro atoms. The molecule has 0 aromatic rings. The van der Waals surface area contributed by atoms with Crippen molar-refractivity contribution in [1.29, 1.82) is 0 Å². The van der Waals surface area contributed by atoms with E-state index in [4.69, 9.17) is 9.84 Å². The summed E-state index contributed by atoms with van der Waals surface area (Å²) in [6, 6.07) is 0. The first kappa shape index (κ1) is 45.9. The van der Waals surface area contributed by atoms with E-state index >= 15 is 0 Å². The van der Waals surface area contributed by atoms with E-state index < -0.39 is 5.97 Å². The quantitative estimate of drug-likeness (QED) is 0.0400. The SMILES string of the molecule is CC/C=C\C/C=C\C/C=C\C/C=C\C/C=C\CCCCCCCCCC(=O)OC(/C=C\CCCCC)CCCCCCC(=O)NCC(=O)O. The molecular formula is C43H71NO5. The fourth-order valence-electron chi connectivity index (χ4n) is 5.21. The standard InChI is InChI=1S/C43H71NO5/c1-3-5-7-9-10-11-12-13-14-15-16-17-18-19-20-21-22-23-24-25-26-28-34-38-43(48)49-40(35-31-27-8-6-4-2)36-32-29-30-33-37-41(45)44-39-42(46)47/h5,7,10-11,13-14,16-17,19-20,31,35,40H,3-4,6,8-9,12,15,18,21-30,32-34,36-39H2,1-2H3,(H,44,45)(H,46,47)/b7-5-,11-10-,14-13-,17-16-,20-19-,35-31-. The van der Waals surface area contributed by atoms with Gasteiger partial charge in [0.05, 0.1) is 0 Å². The summed E-state index contributed by atoms with van der Waals surface area (Å²) in [5.74, 6) is -1.35. The third-order valence-electron chi connectivity index (χ3n) is 8.10. The monoisotopic (exact) mass is 682 g/mol. The van der Waals surface area contributed by atoms with Crippen molar-refractivity contribution < 1.29 is 24.2 Å². The summed E-state index contributed by atoms with van der Waals surface area (Å²) in [7, 11) is 0. The van der Waals surface area contributed by atoms with E-state index in [1.165, 1.54) is 44.9 Å². The van der Waals surface area contributed by atoms with E-state index in [9.17, 15) is 14.4 Å². The minimum atomic E-state index is -1.03. The minimum Gasteiger partial charge on any atom is -0.480 e. The van der Waals surface area contributed by atoms with E-state index in [0.29, 0.717) is 12.8 Å². The number of allylic oxidation sites excluding steroid dienone is 11. The van der Waals surface area contributed by atoms with Crippen LogP contribution in [0.1, 0.15) is 168 Å². The third kappa shape index (κ3) is 37.5. The summed E-state index contributed by atoms with van der Waals surface area (Å²) in [5.41, 5.74) is 0. The van der Waals surface area contributed by atoms with E-state index in [2.05, 4.69) is 92.1 Å². The lowest BCUT2D eigenvalue weighted by Gasteiger charge is -2.15. The maximum atomic E-state index is 12.6. The molecule has 0 fully saturated rings. The van der Waals surface area contributed by atoms with Gasteiger partial charge in [0, 0.05) is 12.8 Å². The Morgan fingerprint density at radius 2 is 1.06 bits per heavy atom. The van der Waals surface area contributed by atoms with Gasteiger partial charge in [-0.05, 0) is 89.5 Å². The highest BCUT2D eigenvalue weighted by atomic mass is 16.5. The van der Waals surface area contributed by atoms with E-state index in [1.54, 1.807) is 0 Å². The molecule has 0 aliphatic rings. The van der Waals surface area contributed by atoms with Gasteiger partial charge in [-0.25, -0.2) is 0 Å². The number of rotatable bonds is 34. The lowest BCUT2D eigenvalue weighted by molar-refractivity contribution is -0.147. The zero-order valence-electron chi connectivity index (χ0n) is 31.3. The van der Waals surface area contributed by atoms with Crippen LogP contribution in [0.15, 0.2) is 72.9 Å². The highest BCUT2D eigenvalue weighted by Gasteiger charge is 2.12. The van der Waals surface area contributed by atoms with Gasteiger partial charge in [0.15, 0.2) is 0 Å². The summed E-state index contributed by atoms with van der Waals surface area (Å²) in [4.78, 5) is 34.8. The number of carboxylic acid groups (broad SMARTS) is 1. The predicted octanol–water partition coefficient (Wildman–Crippen LogP) is 11.8. The zero-order chi connectivity index (χ0) is 35.9. The molecule has 6 nitrogen and oxygen atoms in total. The molecule has 0 heterocycles. The average molecular weight is 682 g/mol. The highest BCUT2D eigenvalue weighted by molar-refractivity contribution is 5.80. The number of nitrogens with one attached hydrogen (secondary N) is 1. The number of hydrogen-bond donors (Lipinski definition) is 2. The van der Waals surface area contributed by atoms with Crippen LogP contribution in [0.2, 0.25) is 0 Å². The number of carbonyl (C=O) groups excluding carboxylic acids is 2. The molecule has 1 atom stereocenters. The Labute approximate surface area is 300 Å². The van der Waals surface area contributed by atoms with Gasteiger partial charge in [-0.3, -0.25) is 14.4 Å². The number of unbranched alkanes of at least 4 members (excludes halogenated alkanes) is 13. The third-order valence-corrected chi connectivity index (χ3v) is 8.10. The van der Waals surface area contributed by atoms with Gasteiger partial charge in [-0.15, -0.1) is 0 Å². The average Bonchev–Trinajstić information content (AvgIpc) is 3.08. The van der Waals surface area contributed by atoms with Crippen molar-refractivity contribution in [3.05, 3.63) is 72.9 Å². The van der Waals surface area contributed by atoms with Gasteiger partial charge in [0.2, 0.25) is 5.91 Å². The van der Waals surface area contributed by atoms with Crippen molar-refractivity contribution in [2.24, 2.45) is 0 Å². The summed E-state index contributed by atoms with van der Waals surface area (Å²) in [5, 5.41) is 11.0. The number of ether oxygens (including phenoxy) is 1. The number of carbonyl (C=O) groups is 3. The van der Waals surface area contributed by atoms with E-state index in [-0.39, 0.29) is 24.5 Å². The van der Waals surface area contributed by atoms with Crippen LogP contribution in [0.4, 0.5) is 0 Å². The van der Waals surface area contributed by atoms with Crippen molar-refractivity contribution in [2.75, 3.05) is 6.54 Å². The smallest absolute Gasteiger partial charge is 0.322 e. The van der Waals surface area contributed by atoms with Crippen molar-refractivity contribution in [3.8, 4) is 0 Å². The molecule has 2 N–H and O–H groups in total. The van der Waals surface area contributed by atoms with Crippen LogP contribution in [0.25, 0.3) is 0 Å². The number of hydrogen-bond acceptors (Lipinski definition) is 4. The molecule has 6 heteroatoms. The van der Waals surface area contributed by atoms with Crippen LogP contribution in [0.5, 0.6) is 0 Å². The summed E-state index contributed by atoms with van der Waals surface area (Å²) in [6.07, 6.45) is 50.5. The molecule has 49 heavy (non-hydrogen) atoms. The van der Waals surface area contributed by atoms with E-state index in [0.717, 1.165) is 96.3 Å². The normalized spacial score (nSPS) is 12.9. The van der Waals surface area contributed by atoms with Crippen molar-refractivity contribution in [2.45, 2.75) is 174 Å². The first-order valence-corrected chi connectivity index (χ1v) is 19.6. The first-order chi connectivity index (χ1) is 24.0. The van der Waals surface area contributed by atoms with Gasteiger partial charge in [0.25, 0.3) is 0 Å². The van der Waals surface area contributed by atoms with Crippen LogP contribution in [-0.2, 0) is 19.1 Å². The number of carboxylic acids is 1. The Hall–Kier alpha value is -3.15. The van der Waals surface area contributed by atoms with Crippen LogP contribution >= 0.6 is 0 Å². The fraction of sp³-hybridized carbons (Fsp3) is 0.651. The van der Waals surface area contributed by atoms with E-state index in [1.807, 2.05) is 0 Å². The molecule has 0 rings (SSSR count). The molecule has 0 radical (unpaired) electrons. The highest BCUT2D eigenvalue weighted by Crippen LogP contribution is 2.15. The molecule has 1 unspecified atom stereocenters. The predicted molar refractivity (Wildman–Crippen MR) is 208 cm³/mol. The molecule has 0 bridgehead atoms. The Morgan fingerprint density at radius 3 is 1.65 bits per heavy atom. The largest absolute Gasteiger partial charge is 0.480 e. The molecule has 0 saturated heterocycles. The van der Waals surface area contributed by atoms with Gasteiger partial charge in [-0.2, -0.15) is 0 Å². The summed E-state index contributed by atoms with van der Waals surface area (Å²) in [6.45, 7) is 4.02. The number of esters is 1. The second kappa shape index (κ2) is 37.7. The van der Waals surface area contributed by atoms with Crippen molar-refractivity contribution in [3.63, 3.8) is 0 Å². The van der Waals surface area contributed by atoms with Gasteiger partial charge < -0.3 is 15.2 Å². The Bertz CT molecular complexity index is 975. The Morgan fingerprint density at radius 1 is 0.571 bits per heavy atom. The second-order valence-electron chi connectivity index (χ2n) is 12.8. The van der Waals surface area contributed by atoms with Crippen LogP contribution < -0.4 is 5.32 Å². The lowest BCUT2D eigenvalue weighted by Crippen LogP contribution is -2.28. The van der Waals surface area contributed by atoms with Crippen LogP contribution in [0, 0.1) is 0 Å². The summed E-state index contributed by atoms with van der Waals surface area (Å²) >= 11 is 0. The molecule has 1 amide bonds. The van der Waals surface area contributed by atoms with Crippen LogP contribution in [0.3, 0.4) is 0 Å². The second-order valence-corrected chi connectivity index (χ2v) is 12.8. The van der Waals surface area contributed by atoms with Crippen molar-refractivity contribution >= 4 is 17.8 Å². The topological polar surface area (TPSA) is 92.7 Å². The molecular weight excluding hydrogens is 610 g/mol. The van der Waals surface area contributed by atoms with Crippen molar-refractivity contribution in [1.82, 2.24) is 5.32 Å². The maximum absolute atomic E-state index is 12.6. The molecule has 278 valence electrons. The summed E-state index contributed by atoms with van der Waals surface area (Å²) < 4.78 is 5.84. The Kier molecular flexibility index (Phi) is 35.2. The number of amides is 1. The maximum Gasteiger partial charge on any atom is 0.322 e. The molecule has 0 aliphatic heterocycles. The number of aliphatic carboxylic acids is 1. The van der Waals surface area contributed by atoms with Gasteiger partial charge in [0.1, 0.15) is 12.6 Å². The van der Waals surface area contributed by atoms with Gasteiger partial charge >= 0.3 is 11.9 Å². The zero-order valence-corrected chi connectivity index (χ0v) is 31.3. The lowest BCUT2D eigenvalue weighted by atomic mass is 10.1. The molecule has 0 aromatic carbocycles. The molecule has 0 aliphatic carbocycles.